The third-order valence-corrected chi connectivity index (χ3v) is 6.40. The van der Waals surface area contributed by atoms with Crippen LogP contribution in [0.15, 0.2) is 36.4 Å². The van der Waals surface area contributed by atoms with E-state index in [4.69, 9.17) is 0 Å². The number of aromatic nitrogens is 3. The molecule has 0 radical (unpaired) electrons. The summed E-state index contributed by atoms with van der Waals surface area (Å²) in [5.74, 6) is -3.47. The van der Waals surface area contributed by atoms with Crippen molar-refractivity contribution in [1.82, 2.24) is 15.0 Å². The van der Waals surface area contributed by atoms with Crippen LogP contribution in [0.4, 0.5) is 86.1 Å². The largest absolute Gasteiger partial charge is 0.313 e. The minimum absolute atomic E-state index is 0.252. The minimum Gasteiger partial charge on any atom is -0.313 e. The molecule has 0 unspecified atom stereocenters. The van der Waals surface area contributed by atoms with E-state index < -0.39 is 130 Å². The van der Waals surface area contributed by atoms with Crippen LogP contribution in [0.1, 0.15) is 0 Å². The molecule has 3 N–H and O–H groups in total. The Kier molecular flexibility index (Phi) is 9.90. The second-order valence-corrected chi connectivity index (χ2v) is 9.57. The van der Waals surface area contributed by atoms with Gasteiger partial charge in [-0.05, 0) is 0 Å². The summed E-state index contributed by atoms with van der Waals surface area (Å²) in [6, 6.07) is 1.51. The van der Waals surface area contributed by atoms with Crippen molar-refractivity contribution in [1.29, 1.82) is 0 Å². The molecule has 0 spiro atoms. The van der Waals surface area contributed by atoms with Crippen molar-refractivity contribution in [3.05, 3.63) is 127 Å². The van der Waals surface area contributed by atoms with E-state index in [1.165, 1.54) is 0 Å². The number of benzene rings is 3. The van der Waals surface area contributed by atoms with Gasteiger partial charge in [-0.3, -0.25) is 91.0 Å². The van der Waals surface area contributed by atoms with Gasteiger partial charge in [-0.25, -0.2) is 0 Å². The molecular weight excluding hydrogens is 750 g/mol. The van der Waals surface area contributed by atoms with Gasteiger partial charge in [-0.15, -0.1) is 0 Å². The van der Waals surface area contributed by atoms with Crippen LogP contribution in [0.3, 0.4) is 0 Å². The van der Waals surface area contributed by atoms with Gasteiger partial charge in [-0.2, -0.15) is 15.0 Å². The first kappa shape index (κ1) is 37.5. The van der Waals surface area contributed by atoms with Crippen LogP contribution in [0.25, 0.3) is 0 Å². The molecule has 0 atom stereocenters. The second kappa shape index (κ2) is 14.3. The van der Waals surface area contributed by atoms with Gasteiger partial charge < -0.3 is 16.0 Å². The predicted molar refractivity (Wildman–Crippen MR) is 169 cm³/mol. The Morgan fingerprint density at radius 1 is 0.315 bits per heavy atom. The molecule has 0 fully saturated rings. The van der Waals surface area contributed by atoms with E-state index in [2.05, 4.69) is 15.0 Å². The summed E-state index contributed by atoms with van der Waals surface area (Å²) in [5, 5.41) is 111. The Bertz CT molecular complexity index is 2020. The fourth-order valence-corrected chi connectivity index (χ4v) is 4.24. The van der Waals surface area contributed by atoms with Crippen LogP contribution in [-0.2, 0) is 0 Å². The van der Waals surface area contributed by atoms with Crippen molar-refractivity contribution in [2.24, 2.45) is 0 Å². The van der Waals surface area contributed by atoms with Crippen LogP contribution < -0.4 is 16.0 Å². The van der Waals surface area contributed by atoms with Gasteiger partial charge in [0.2, 0.25) is 17.8 Å². The van der Waals surface area contributed by atoms with Crippen molar-refractivity contribution >= 4 is 86.1 Å². The fraction of sp³-hybridized carbons (Fsp3) is 0. The molecular formula is C21H9N15O18. The quantitative estimate of drug-likeness (QED) is 0.112. The SMILES string of the molecule is O=[N+]([O-])c1cc([N+](=O)[O-])c(Nc2nc(Nc3c([N+](=O)[O-])cc([N+](=O)[O-])cc3[N+](=O)[O-])nc(Nc3c([N+](=O)[O-])cc([N+](=O)[O-])cc3[N+](=O)[O-])n2)c([N+](=O)[O-])c1. The highest BCUT2D eigenvalue weighted by atomic mass is 16.7. The Morgan fingerprint density at radius 3 is 0.611 bits per heavy atom. The molecule has 276 valence electrons. The first-order chi connectivity index (χ1) is 25.2. The Labute approximate surface area is 289 Å². The van der Waals surface area contributed by atoms with Gasteiger partial charge in [-0.1, -0.05) is 0 Å². The number of nitro groups is 9. The Morgan fingerprint density at radius 2 is 0.481 bits per heavy atom. The molecule has 1 aromatic heterocycles. The highest BCUT2D eigenvalue weighted by molar-refractivity contribution is 5.84. The van der Waals surface area contributed by atoms with Crippen LogP contribution in [-0.4, -0.2) is 59.3 Å². The number of nitrogens with one attached hydrogen (secondary N) is 3. The van der Waals surface area contributed by atoms with Crippen molar-refractivity contribution < 1.29 is 44.3 Å². The maximum absolute atomic E-state index is 11.8. The average Bonchev–Trinajstić information content (AvgIpc) is 3.07. The maximum atomic E-state index is 11.8. The number of nitrogens with zero attached hydrogens (tertiary/aromatic N) is 12. The molecule has 0 saturated carbocycles. The summed E-state index contributed by atoms with van der Waals surface area (Å²) in [6.45, 7) is 0. The van der Waals surface area contributed by atoms with Gasteiger partial charge >= 0.3 is 34.1 Å². The molecule has 4 aromatic rings. The molecule has 0 aliphatic rings. The van der Waals surface area contributed by atoms with Crippen molar-refractivity contribution in [3.63, 3.8) is 0 Å². The monoisotopic (exact) mass is 759 g/mol. The lowest BCUT2D eigenvalue weighted by Gasteiger charge is -2.12. The number of anilines is 6. The fourth-order valence-electron chi connectivity index (χ4n) is 4.24. The summed E-state index contributed by atoms with van der Waals surface area (Å²) < 4.78 is 0. The van der Waals surface area contributed by atoms with Gasteiger partial charge in [0.05, 0.1) is 80.7 Å². The number of nitro benzene ring substituents is 9. The Balaban J connectivity index is 2.06. The number of non-ortho nitro benzene ring substituents is 3. The second-order valence-electron chi connectivity index (χ2n) is 9.57. The first-order valence-corrected chi connectivity index (χ1v) is 13.1. The molecule has 0 aliphatic heterocycles. The molecule has 33 nitrogen and oxygen atoms in total. The van der Waals surface area contributed by atoms with Crippen LogP contribution >= 0.6 is 0 Å². The lowest BCUT2D eigenvalue weighted by molar-refractivity contribution is -0.402. The molecule has 4 rings (SSSR count). The molecule has 0 amide bonds. The van der Waals surface area contributed by atoms with Crippen LogP contribution in [0.2, 0.25) is 0 Å². The lowest BCUT2D eigenvalue weighted by Crippen LogP contribution is -2.12. The third kappa shape index (κ3) is 7.61. The highest BCUT2D eigenvalue weighted by Gasteiger charge is 2.35. The summed E-state index contributed by atoms with van der Waals surface area (Å²) in [5.41, 5.74) is -15.3. The van der Waals surface area contributed by atoms with Crippen LogP contribution in [0.5, 0.6) is 0 Å². The Hall–Kier alpha value is -9.33. The smallest absolute Gasteiger partial charge is 0.306 e. The maximum Gasteiger partial charge on any atom is 0.306 e. The van der Waals surface area contributed by atoms with E-state index in [0.717, 1.165) is 0 Å². The molecule has 0 bridgehead atoms. The van der Waals surface area contributed by atoms with Crippen molar-refractivity contribution in [2.45, 2.75) is 0 Å². The summed E-state index contributed by atoms with van der Waals surface area (Å²) in [4.78, 5) is 104. The molecule has 33 heteroatoms. The zero-order chi connectivity index (χ0) is 40.3. The number of rotatable bonds is 15. The van der Waals surface area contributed by atoms with Gasteiger partial charge in [0, 0.05) is 0 Å². The molecule has 0 aliphatic carbocycles. The van der Waals surface area contributed by atoms with E-state index in [1.807, 2.05) is 16.0 Å². The first-order valence-electron chi connectivity index (χ1n) is 13.1. The lowest BCUT2D eigenvalue weighted by atomic mass is 10.2. The van der Waals surface area contributed by atoms with Crippen molar-refractivity contribution in [3.8, 4) is 0 Å². The normalized spacial score (nSPS) is 10.4. The highest BCUT2D eigenvalue weighted by Crippen LogP contribution is 2.43. The standard InChI is InChI=1S/C21H9N15O18/c37-28(38)7-1-10(31(43)44)16(11(2-7)32(45)46)22-19-25-20(23-17-12(33(47)48)3-8(29(39)40)4-13(17)34(49)50)27-21(26-19)24-18-14(35(51)52)5-9(30(41)42)6-15(18)36(53)54/h1-6H,(H3,22,23,24,25,26,27). The topological polar surface area (TPSA) is 463 Å². The molecule has 54 heavy (non-hydrogen) atoms. The average molecular weight is 759 g/mol. The van der Waals surface area contributed by atoms with Crippen molar-refractivity contribution in [2.75, 3.05) is 16.0 Å². The van der Waals surface area contributed by atoms with E-state index in [-0.39, 0.29) is 36.4 Å². The summed E-state index contributed by atoms with van der Waals surface area (Å²) >= 11 is 0. The zero-order valence-corrected chi connectivity index (χ0v) is 25.2. The summed E-state index contributed by atoms with van der Waals surface area (Å²) in [6.07, 6.45) is 0. The zero-order valence-electron chi connectivity index (χ0n) is 25.2. The van der Waals surface area contributed by atoms with Crippen LogP contribution in [0, 0.1) is 91.0 Å². The van der Waals surface area contributed by atoms with Gasteiger partial charge in [0.25, 0.3) is 17.1 Å². The molecule has 3 aromatic carbocycles. The third-order valence-electron chi connectivity index (χ3n) is 6.40. The number of hydrogen-bond donors (Lipinski definition) is 3. The van der Waals surface area contributed by atoms with Gasteiger partial charge in [0.15, 0.2) is 17.1 Å². The summed E-state index contributed by atoms with van der Waals surface area (Å²) in [7, 11) is 0. The molecule has 0 saturated heterocycles. The minimum atomic E-state index is -1.37. The van der Waals surface area contributed by atoms with E-state index >= 15 is 0 Å². The van der Waals surface area contributed by atoms with Gasteiger partial charge in [0.1, 0.15) is 0 Å². The molecule has 1 heterocycles. The number of hydrogen-bond acceptors (Lipinski definition) is 24. The van der Waals surface area contributed by atoms with E-state index in [0.29, 0.717) is 0 Å². The van der Waals surface area contributed by atoms with E-state index in [9.17, 15) is 91.0 Å². The predicted octanol–water partition coefficient (Wildman–Crippen LogP) is 4.28. The van der Waals surface area contributed by atoms with E-state index in [1.54, 1.807) is 0 Å².